The number of likely N-dealkylation sites (tertiary alicyclic amines) is 1. The zero-order chi connectivity index (χ0) is 25.3. The number of β-amino-alcohol motifs (C(OH)–C–C–N with tert-alkyl or cyclic N) is 1. The summed E-state index contributed by atoms with van der Waals surface area (Å²) in [7, 11) is 1.24. The number of nitrogens with zero attached hydrogens (tertiary/aromatic N) is 1. The number of rotatable bonds is 7. The second-order valence-electron chi connectivity index (χ2n) is 10.6. The van der Waals surface area contributed by atoms with Gasteiger partial charge < -0.3 is 30.1 Å². The third-order valence-corrected chi connectivity index (χ3v) is 7.01. The second kappa shape index (κ2) is 9.93. The van der Waals surface area contributed by atoms with E-state index >= 15 is 0 Å². The van der Waals surface area contributed by atoms with E-state index in [9.17, 15) is 24.3 Å². The molecule has 2 aliphatic carbocycles. The first-order valence-corrected chi connectivity index (χ1v) is 11.9. The lowest BCUT2D eigenvalue weighted by Crippen LogP contribution is -2.59. The fraction of sp³-hybridized carbons (Fsp3) is 0.750. The van der Waals surface area contributed by atoms with Crippen molar-refractivity contribution in [3.8, 4) is 0 Å². The number of nitrogens with one attached hydrogen (secondary N) is 2. The lowest BCUT2D eigenvalue weighted by molar-refractivity contribution is -0.148. The number of hydrogen-bond acceptors (Lipinski definition) is 7. The van der Waals surface area contributed by atoms with Crippen molar-refractivity contribution in [2.24, 2.45) is 11.3 Å². The van der Waals surface area contributed by atoms with Crippen LogP contribution < -0.4 is 10.6 Å². The van der Waals surface area contributed by atoms with E-state index in [-0.39, 0.29) is 25.0 Å². The van der Waals surface area contributed by atoms with Gasteiger partial charge in [-0.25, -0.2) is 9.59 Å². The Hall–Kier alpha value is -2.62. The molecule has 1 aliphatic heterocycles. The Morgan fingerprint density at radius 2 is 1.85 bits per heavy atom. The number of amides is 3. The molecule has 1 saturated heterocycles. The first-order chi connectivity index (χ1) is 15.9. The van der Waals surface area contributed by atoms with E-state index in [0.29, 0.717) is 6.42 Å². The number of alkyl carbamates (subject to hydrolysis) is 1. The monoisotopic (exact) mass is 479 g/mol. The Balaban J connectivity index is 1.74. The van der Waals surface area contributed by atoms with Gasteiger partial charge in [0, 0.05) is 18.9 Å². The molecule has 10 nitrogen and oxygen atoms in total. The van der Waals surface area contributed by atoms with Gasteiger partial charge in [-0.3, -0.25) is 9.59 Å². The van der Waals surface area contributed by atoms with Crippen molar-refractivity contribution in [1.29, 1.82) is 0 Å². The molecular formula is C24H37N3O7. The third kappa shape index (κ3) is 5.37. The van der Waals surface area contributed by atoms with Crippen LogP contribution >= 0.6 is 0 Å². The molecule has 0 bridgehead atoms. The van der Waals surface area contributed by atoms with Crippen LogP contribution in [0.3, 0.4) is 0 Å². The molecule has 0 aromatic heterocycles. The van der Waals surface area contributed by atoms with Crippen molar-refractivity contribution in [3.05, 3.63) is 12.7 Å². The maximum Gasteiger partial charge on any atom is 0.408 e. The van der Waals surface area contributed by atoms with Crippen LogP contribution in [-0.2, 0) is 23.9 Å². The molecule has 3 N–H and O–H groups in total. The van der Waals surface area contributed by atoms with Gasteiger partial charge in [-0.05, 0) is 37.5 Å². The van der Waals surface area contributed by atoms with E-state index in [4.69, 9.17) is 9.47 Å². The van der Waals surface area contributed by atoms with Gasteiger partial charge in [-0.15, -0.1) is 6.58 Å². The zero-order valence-corrected chi connectivity index (χ0v) is 20.5. The number of carbonyl (C=O) groups excluding carboxylic acids is 4. The molecular weight excluding hydrogens is 442 g/mol. The minimum Gasteiger partial charge on any atom is -0.467 e. The summed E-state index contributed by atoms with van der Waals surface area (Å²) in [6.07, 6.45) is 3.84. The van der Waals surface area contributed by atoms with Crippen LogP contribution in [0.2, 0.25) is 0 Å². The topological polar surface area (TPSA) is 134 Å². The number of hydrogen-bond donors (Lipinski definition) is 3. The Morgan fingerprint density at radius 1 is 1.21 bits per heavy atom. The Morgan fingerprint density at radius 3 is 2.38 bits per heavy atom. The van der Waals surface area contributed by atoms with Crippen LogP contribution in [0.5, 0.6) is 0 Å². The van der Waals surface area contributed by atoms with Gasteiger partial charge in [-0.2, -0.15) is 0 Å². The molecule has 34 heavy (non-hydrogen) atoms. The second-order valence-corrected chi connectivity index (χ2v) is 10.6. The van der Waals surface area contributed by atoms with Gasteiger partial charge in [0.05, 0.1) is 13.2 Å². The van der Waals surface area contributed by atoms with Crippen LogP contribution in [0.1, 0.15) is 59.3 Å². The van der Waals surface area contributed by atoms with E-state index in [1.165, 1.54) is 12.0 Å². The molecule has 3 rings (SSSR count). The van der Waals surface area contributed by atoms with E-state index < -0.39 is 53.0 Å². The first-order valence-electron chi connectivity index (χ1n) is 11.9. The summed E-state index contributed by atoms with van der Waals surface area (Å²) in [5.74, 6) is -1.89. The molecule has 0 aromatic rings. The van der Waals surface area contributed by atoms with Crippen LogP contribution in [-0.4, -0.2) is 77.4 Å². The average Bonchev–Trinajstić information content (AvgIpc) is 3.07. The number of aliphatic hydroxyl groups is 1. The summed E-state index contributed by atoms with van der Waals surface area (Å²) in [5.41, 5.74) is -1.89. The highest BCUT2D eigenvalue weighted by Gasteiger charge is 2.62. The summed E-state index contributed by atoms with van der Waals surface area (Å²) >= 11 is 0. The summed E-state index contributed by atoms with van der Waals surface area (Å²) in [6, 6.07) is -1.97. The van der Waals surface area contributed by atoms with Crippen LogP contribution in [0, 0.1) is 11.3 Å². The van der Waals surface area contributed by atoms with Gasteiger partial charge in [0.25, 0.3) is 0 Å². The Bertz CT molecular complexity index is 833. The van der Waals surface area contributed by atoms with Crippen LogP contribution in [0.4, 0.5) is 4.79 Å². The Labute approximate surface area is 200 Å². The quantitative estimate of drug-likeness (QED) is 0.370. The van der Waals surface area contributed by atoms with Gasteiger partial charge in [0.1, 0.15) is 23.7 Å². The first kappa shape index (κ1) is 26.0. The minimum atomic E-state index is -1.21. The predicted octanol–water partition coefficient (Wildman–Crippen LogP) is 1.27. The molecule has 5 atom stereocenters. The molecule has 3 aliphatic rings. The zero-order valence-electron chi connectivity index (χ0n) is 20.5. The smallest absolute Gasteiger partial charge is 0.408 e. The fourth-order valence-corrected chi connectivity index (χ4v) is 4.92. The number of carbonyl (C=O) groups is 4. The molecule has 3 amide bonds. The lowest BCUT2D eigenvalue weighted by Gasteiger charge is -2.35. The van der Waals surface area contributed by atoms with E-state index in [0.717, 1.165) is 25.7 Å². The average molecular weight is 480 g/mol. The molecule has 0 radical (unpaired) electrons. The molecule has 2 saturated carbocycles. The highest BCUT2D eigenvalue weighted by molar-refractivity contribution is 5.96. The van der Waals surface area contributed by atoms with E-state index in [1.54, 1.807) is 26.8 Å². The highest BCUT2D eigenvalue weighted by Crippen LogP contribution is 2.45. The van der Waals surface area contributed by atoms with Crippen molar-refractivity contribution in [2.75, 3.05) is 13.7 Å². The molecule has 10 heteroatoms. The van der Waals surface area contributed by atoms with Crippen molar-refractivity contribution >= 4 is 23.9 Å². The summed E-state index contributed by atoms with van der Waals surface area (Å²) < 4.78 is 10.3. The number of ether oxygens (including phenoxy) is 2. The van der Waals surface area contributed by atoms with Crippen molar-refractivity contribution < 1.29 is 33.8 Å². The van der Waals surface area contributed by atoms with Gasteiger partial charge in [-0.1, -0.05) is 26.8 Å². The highest BCUT2D eigenvalue weighted by atomic mass is 16.6. The molecule has 0 unspecified atom stereocenters. The van der Waals surface area contributed by atoms with E-state index in [1.807, 2.05) is 0 Å². The molecule has 0 aromatic carbocycles. The lowest BCUT2D eigenvalue weighted by atomic mass is 9.85. The third-order valence-electron chi connectivity index (χ3n) is 7.01. The summed E-state index contributed by atoms with van der Waals surface area (Å²) in [6.45, 7) is 9.05. The van der Waals surface area contributed by atoms with E-state index in [2.05, 4.69) is 17.2 Å². The number of esters is 1. The largest absolute Gasteiger partial charge is 0.467 e. The van der Waals surface area contributed by atoms with Gasteiger partial charge in [0.15, 0.2) is 0 Å². The standard InChI is InChI=1S/C24H37N3O7/c1-6-14-12-24(14,21(31)33-5)26-19(29)17-11-15(28)13-27(17)20(30)18(23(2,3)4)25-22(32)34-16-9-7-8-10-16/h6,14-18,28H,1,7-13H2,2-5H3,(H,25,32)(H,26,29)/t14-,15+,17+,18+,24-/m1/s1. The normalized spacial score (nSPS) is 29.8. The Kier molecular flexibility index (Phi) is 7.59. The molecule has 1 heterocycles. The van der Waals surface area contributed by atoms with Gasteiger partial charge in [0.2, 0.25) is 11.8 Å². The van der Waals surface area contributed by atoms with Crippen molar-refractivity contribution in [3.63, 3.8) is 0 Å². The van der Waals surface area contributed by atoms with Crippen LogP contribution in [0.25, 0.3) is 0 Å². The summed E-state index contributed by atoms with van der Waals surface area (Å²) in [4.78, 5) is 52.9. The fourth-order valence-electron chi connectivity index (χ4n) is 4.92. The maximum absolute atomic E-state index is 13.6. The number of aliphatic hydroxyl groups excluding tert-OH is 1. The molecule has 0 spiro atoms. The number of methoxy groups -OCH3 is 1. The summed E-state index contributed by atoms with van der Waals surface area (Å²) in [5, 5.41) is 15.7. The molecule has 3 fully saturated rings. The van der Waals surface area contributed by atoms with Crippen molar-refractivity contribution in [1.82, 2.24) is 15.5 Å². The maximum atomic E-state index is 13.6. The predicted molar refractivity (Wildman–Crippen MR) is 122 cm³/mol. The minimum absolute atomic E-state index is 0.0248. The SMILES string of the molecule is C=C[C@@H]1C[C@]1(NC(=O)[C@@H]1C[C@H](O)CN1C(=O)[C@H](NC(=O)OC1CCCC1)C(C)(C)C)C(=O)OC. The van der Waals surface area contributed by atoms with Gasteiger partial charge >= 0.3 is 12.1 Å². The van der Waals surface area contributed by atoms with Crippen molar-refractivity contribution in [2.45, 2.75) is 89.1 Å². The molecule has 190 valence electrons. The van der Waals surface area contributed by atoms with Crippen LogP contribution in [0.15, 0.2) is 12.7 Å².